The van der Waals surface area contributed by atoms with E-state index in [0.29, 0.717) is 11.3 Å². The molecule has 0 saturated heterocycles. The van der Waals surface area contributed by atoms with Crippen LogP contribution in [-0.4, -0.2) is 4.98 Å². The number of rotatable bonds is 2. The van der Waals surface area contributed by atoms with E-state index in [1.165, 1.54) is 0 Å². The summed E-state index contributed by atoms with van der Waals surface area (Å²) in [5.41, 5.74) is 1.75. The van der Waals surface area contributed by atoms with E-state index >= 15 is 0 Å². The van der Waals surface area contributed by atoms with Crippen LogP contribution in [0.4, 0.5) is 0 Å². The molecule has 0 spiro atoms. The first kappa shape index (κ1) is 9.50. The Hall–Kier alpha value is -1.59. The maximum atomic E-state index is 8.67. The summed E-state index contributed by atoms with van der Waals surface area (Å²) in [6.45, 7) is 7.19. The average molecular weight is 191 g/mol. The van der Waals surface area contributed by atoms with Gasteiger partial charge in [0.15, 0.2) is 0 Å². The maximum absolute atomic E-state index is 8.67. The topological polar surface area (TPSA) is 36.7 Å². The van der Waals surface area contributed by atoms with Crippen LogP contribution in [0, 0.1) is 11.3 Å². The van der Waals surface area contributed by atoms with E-state index in [9.17, 15) is 0 Å². The molecule has 64 valence electrons. The first-order valence-electron chi connectivity index (χ1n) is 3.58. The fourth-order valence-corrected chi connectivity index (χ4v) is 1.11. The molecule has 0 unspecified atom stereocenters. The number of aromatic nitrogens is 1. The zero-order valence-corrected chi connectivity index (χ0v) is 7.67. The van der Waals surface area contributed by atoms with Crippen LogP contribution in [0.2, 0.25) is 5.15 Å². The zero-order valence-electron chi connectivity index (χ0n) is 6.92. The highest BCUT2D eigenvalue weighted by Crippen LogP contribution is 2.18. The van der Waals surface area contributed by atoms with Crippen molar-refractivity contribution in [1.29, 1.82) is 5.26 Å². The molecule has 13 heavy (non-hydrogen) atoms. The summed E-state index contributed by atoms with van der Waals surface area (Å²) in [7, 11) is 0. The minimum absolute atomic E-state index is 0.197. The summed E-state index contributed by atoms with van der Waals surface area (Å²) < 4.78 is 0. The van der Waals surface area contributed by atoms with Gasteiger partial charge in [0.25, 0.3) is 0 Å². The molecule has 0 aliphatic carbocycles. The molecule has 0 aliphatic heterocycles. The van der Waals surface area contributed by atoms with E-state index < -0.39 is 0 Å². The third kappa shape index (κ3) is 1.77. The summed E-state index contributed by atoms with van der Waals surface area (Å²) in [6.07, 6.45) is 3.19. The molecule has 1 rings (SSSR count). The summed E-state index contributed by atoms with van der Waals surface area (Å²) >= 11 is 5.72. The minimum atomic E-state index is 0.197. The van der Waals surface area contributed by atoms with Gasteiger partial charge in [-0.3, -0.25) is 0 Å². The first-order chi connectivity index (χ1) is 6.22. The van der Waals surface area contributed by atoms with Crippen molar-refractivity contribution in [2.75, 3.05) is 0 Å². The molecule has 0 saturated carbocycles. The standard InChI is InChI=1S/C10H7ClN2/c1-3-7-5-8(6-12)10(11)13-9(7)4-2/h3-5H,1-2H2. The molecule has 1 aromatic rings. The van der Waals surface area contributed by atoms with Gasteiger partial charge in [-0.2, -0.15) is 5.26 Å². The van der Waals surface area contributed by atoms with Gasteiger partial charge in [-0.25, -0.2) is 4.98 Å². The number of nitrogens with zero attached hydrogens (tertiary/aromatic N) is 2. The molecule has 2 nitrogen and oxygen atoms in total. The molecular weight excluding hydrogens is 184 g/mol. The van der Waals surface area contributed by atoms with E-state index in [4.69, 9.17) is 16.9 Å². The molecule has 0 aliphatic rings. The van der Waals surface area contributed by atoms with Gasteiger partial charge in [0, 0.05) is 5.56 Å². The molecule has 1 aromatic heterocycles. The van der Waals surface area contributed by atoms with Crippen molar-refractivity contribution in [3.05, 3.63) is 41.2 Å². The van der Waals surface area contributed by atoms with E-state index in [-0.39, 0.29) is 5.15 Å². The second-order valence-corrected chi connectivity index (χ2v) is 2.68. The second kappa shape index (κ2) is 3.88. The van der Waals surface area contributed by atoms with Crippen molar-refractivity contribution in [1.82, 2.24) is 4.98 Å². The van der Waals surface area contributed by atoms with Gasteiger partial charge in [-0.1, -0.05) is 30.8 Å². The molecule has 1 heterocycles. The van der Waals surface area contributed by atoms with Gasteiger partial charge in [0.05, 0.1) is 11.3 Å². The van der Waals surface area contributed by atoms with Crippen LogP contribution in [0.1, 0.15) is 16.8 Å². The number of hydrogen-bond acceptors (Lipinski definition) is 2. The van der Waals surface area contributed by atoms with Gasteiger partial charge in [0.1, 0.15) is 11.2 Å². The Labute approximate surface area is 81.8 Å². The van der Waals surface area contributed by atoms with Crippen LogP contribution in [0.15, 0.2) is 19.2 Å². The maximum Gasteiger partial charge on any atom is 0.147 e. The Bertz CT molecular complexity index is 402. The normalized spacial score (nSPS) is 8.92. The number of halogens is 1. The molecule has 0 radical (unpaired) electrons. The van der Waals surface area contributed by atoms with Gasteiger partial charge in [-0.05, 0) is 12.1 Å². The Morgan fingerprint density at radius 2 is 2.15 bits per heavy atom. The van der Waals surface area contributed by atoms with Crippen LogP contribution in [0.5, 0.6) is 0 Å². The van der Waals surface area contributed by atoms with Crippen LogP contribution in [0.25, 0.3) is 12.2 Å². The quantitative estimate of drug-likeness (QED) is 0.673. The molecule has 0 bridgehead atoms. The van der Waals surface area contributed by atoms with Gasteiger partial charge < -0.3 is 0 Å². The van der Waals surface area contributed by atoms with Crippen molar-refractivity contribution in [2.24, 2.45) is 0 Å². The number of nitriles is 1. The number of hydrogen-bond donors (Lipinski definition) is 0. The van der Waals surface area contributed by atoms with Crippen molar-refractivity contribution in [3.63, 3.8) is 0 Å². The Morgan fingerprint density at radius 3 is 2.62 bits per heavy atom. The monoisotopic (exact) mass is 190 g/mol. The van der Waals surface area contributed by atoms with Crippen LogP contribution in [-0.2, 0) is 0 Å². The van der Waals surface area contributed by atoms with Crippen molar-refractivity contribution >= 4 is 23.8 Å². The van der Waals surface area contributed by atoms with E-state index in [1.54, 1.807) is 18.2 Å². The Morgan fingerprint density at radius 1 is 1.46 bits per heavy atom. The van der Waals surface area contributed by atoms with E-state index in [1.807, 2.05) is 6.07 Å². The lowest BCUT2D eigenvalue weighted by molar-refractivity contribution is 1.26. The number of pyridine rings is 1. The predicted octanol–water partition coefficient (Wildman–Crippen LogP) is 2.89. The lowest BCUT2D eigenvalue weighted by Gasteiger charge is -2.01. The van der Waals surface area contributed by atoms with Crippen molar-refractivity contribution in [2.45, 2.75) is 0 Å². The molecule has 0 atom stereocenters. The Balaban J connectivity index is 3.45. The van der Waals surface area contributed by atoms with Crippen molar-refractivity contribution in [3.8, 4) is 6.07 Å². The van der Waals surface area contributed by atoms with Gasteiger partial charge in [0.2, 0.25) is 0 Å². The lowest BCUT2D eigenvalue weighted by atomic mass is 10.1. The van der Waals surface area contributed by atoms with Crippen molar-refractivity contribution < 1.29 is 0 Å². The fourth-order valence-electron chi connectivity index (χ4n) is 0.925. The minimum Gasteiger partial charge on any atom is -0.235 e. The SMILES string of the molecule is C=Cc1cc(C#N)c(Cl)nc1C=C. The third-order valence-electron chi connectivity index (χ3n) is 1.57. The molecule has 0 amide bonds. The molecule has 0 N–H and O–H groups in total. The fraction of sp³-hybridized carbons (Fsp3) is 0. The molecule has 0 fully saturated rings. The average Bonchev–Trinajstić information content (AvgIpc) is 2.17. The highest BCUT2D eigenvalue weighted by atomic mass is 35.5. The predicted molar refractivity (Wildman–Crippen MR) is 54.1 cm³/mol. The van der Waals surface area contributed by atoms with Gasteiger partial charge in [-0.15, -0.1) is 0 Å². The smallest absolute Gasteiger partial charge is 0.147 e. The summed E-state index contributed by atoms with van der Waals surface area (Å²) in [5.74, 6) is 0. The third-order valence-corrected chi connectivity index (χ3v) is 1.86. The molecule has 0 aromatic carbocycles. The van der Waals surface area contributed by atoms with Crippen LogP contribution >= 0.6 is 11.6 Å². The largest absolute Gasteiger partial charge is 0.235 e. The van der Waals surface area contributed by atoms with E-state index in [0.717, 1.165) is 5.56 Å². The van der Waals surface area contributed by atoms with Crippen LogP contribution in [0.3, 0.4) is 0 Å². The molecular formula is C10H7ClN2. The summed E-state index contributed by atoms with van der Waals surface area (Å²) in [5, 5.41) is 8.86. The highest BCUT2D eigenvalue weighted by Gasteiger charge is 2.05. The second-order valence-electron chi connectivity index (χ2n) is 2.32. The van der Waals surface area contributed by atoms with E-state index in [2.05, 4.69) is 18.1 Å². The first-order valence-corrected chi connectivity index (χ1v) is 3.96. The molecule has 3 heteroatoms. The van der Waals surface area contributed by atoms with Crippen LogP contribution < -0.4 is 0 Å². The highest BCUT2D eigenvalue weighted by molar-refractivity contribution is 6.30. The lowest BCUT2D eigenvalue weighted by Crippen LogP contribution is -1.90. The Kier molecular flexibility index (Phi) is 2.84. The van der Waals surface area contributed by atoms with Gasteiger partial charge >= 0.3 is 0 Å². The summed E-state index contributed by atoms with van der Waals surface area (Å²) in [4.78, 5) is 3.99. The zero-order chi connectivity index (χ0) is 9.84. The summed E-state index contributed by atoms with van der Waals surface area (Å²) in [6, 6.07) is 3.58.